The molecule has 0 saturated carbocycles. The summed E-state index contributed by atoms with van der Waals surface area (Å²) < 4.78 is 34.6. The first-order chi connectivity index (χ1) is 17.3. The lowest BCUT2D eigenvalue weighted by Gasteiger charge is -2.20. The van der Waals surface area contributed by atoms with Crippen LogP contribution in [0, 0.1) is 17.6 Å². The number of amides is 1. The van der Waals surface area contributed by atoms with Gasteiger partial charge in [-0.25, -0.2) is 13.6 Å². The molecule has 1 amide bonds. The van der Waals surface area contributed by atoms with Crippen LogP contribution >= 0.6 is 0 Å². The maximum Gasteiger partial charge on any atom is 0.331 e. The lowest BCUT2D eigenvalue weighted by Crippen LogP contribution is -2.48. The molecule has 0 aliphatic carbocycles. The number of nitrogens with zero attached hydrogens (tertiary/aromatic N) is 3. The molecule has 204 valence electrons. The van der Waals surface area contributed by atoms with Crippen LogP contribution in [0.5, 0.6) is 5.75 Å². The van der Waals surface area contributed by atoms with E-state index < -0.39 is 41.6 Å². The minimum Gasteiger partial charge on any atom is -0.496 e. The number of carbonyl (C=O) groups excluding carboxylic acids is 1. The van der Waals surface area contributed by atoms with Crippen molar-refractivity contribution < 1.29 is 28.3 Å². The Hall–Kier alpha value is -3.54. The Balaban J connectivity index is 2.59. The smallest absolute Gasteiger partial charge is 0.331 e. The van der Waals surface area contributed by atoms with Gasteiger partial charge in [0.15, 0.2) is 11.6 Å². The van der Waals surface area contributed by atoms with E-state index in [4.69, 9.17) is 9.57 Å². The van der Waals surface area contributed by atoms with Gasteiger partial charge in [0, 0.05) is 29.8 Å². The zero-order valence-electron chi connectivity index (χ0n) is 22.0. The van der Waals surface area contributed by atoms with Gasteiger partial charge in [0.05, 0.1) is 31.5 Å². The van der Waals surface area contributed by atoms with Gasteiger partial charge in [-0.2, -0.15) is 0 Å². The monoisotopic (exact) mass is 524 g/mol. The number of hydrogen-bond donors (Lipinski definition) is 2. The SMILES string of the molecule is COc1cc(F)c(F)cc1C(O)Cn1cc(/C(C)=N/OC(C)C)c(=O)n(C[C@H](C)NC(=O)C(C)C)c1=O. The predicted octanol–water partition coefficient (Wildman–Crippen LogP) is 2.34. The van der Waals surface area contributed by atoms with Crippen LogP contribution < -0.4 is 21.3 Å². The number of aliphatic hydroxyl groups is 1. The van der Waals surface area contributed by atoms with Crippen LogP contribution in [0.1, 0.15) is 58.8 Å². The van der Waals surface area contributed by atoms with Gasteiger partial charge in [0.1, 0.15) is 18.0 Å². The van der Waals surface area contributed by atoms with E-state index in [2.05, 4.69) is 10.5 Å². The van der Waals surface area contributed by atoms with Crippen molar-refractivity contribution in [3.8, 4) is 5.75 Å². The summed E-state index contributed by atoms with van der Waals surface area (Å²) in [5.41, 5.74) is -1.33. The minimum atomic E-state index is -1.50. The Bertz CT molecular complexity index is 1270. The van der Waals surface area contributed by atoms with Crippen molar-refractivity contribution in [2.45, 2.75) is 72.9 Å². The highest BCUT2D eigenvalue weighted by Crippen LogP contribution is 2.28. The van der Waals surface area contributed by atoms with Gasteiger partial charge in [-0.1, -0.05) is 19.0 Å². The van der Waals surface area contributed by atoms with Crippen LogP contribution in [-0.2, 0) is 22.7 Å². The van der Waals surface area contributed by atoms with Gasteiger partial charge in [0.25, 0.3) is 5.56 Å². The fourth-order valence-corrected chi connectivity index (χ4v) is 3.42. The number of aliphatic hydroxyl groups excluding tert-OH is 1. The zero-order valence-corrected chi connectivity index (χ0v) is 22.0. The molecule has 37 heavy (non-hydrogen) atoms. The normalized spacial score (nSPS) is 13.6. The molecule has 1 heterocycles. The van der Waals surface area contributed by atoms with Crippen LogP contribution in [0.4, 0.5) is 8.78 Å². The molecular formula is C25H34F2N4O6. The first-order valence-electron chi connectivity index (χ1n) is 11.8. The van der Waals surface area contributed by atoms with Gasteiger partial charge in [-0.05, 0) is 33.8 Å². The molecule has 0 spiro atoms. The number of rotatable bonds is 11. The van der Waals surface area contributed by atoms with E-state index in [1.165, 1.54) is 20.2 Å². The van der Waals surface area contributed by atoms with Gasteiger partial charge < -0.3 is 20.0 Å². The van der Waals surface area contributed by atoms with E-state index in [0.717, 1.165) is 21.3 Å². The molecule has 0 aliphatic rings. The third kappa shape index (κ3) is 7.48. The Morgan fingerprint density at radius 3 is 2.30 bits per heavy atom. The van der Waals surface area contributed by atoms with Crippen LogP contribution in [0.25, 0.3) is 0 Å². The second-order valence-corrected chi connectivity index (χ2v) is 9.31. The van der Waals surface area contributed by atoms with Crippen molar-refractivity contribution in [3.63, 3.8) is 0 Å². The number of benzene rings is 1. The number of carbonyl (C=O) groups is 1. The summed E-state index contributed by atoms with van der Waals surface area (Å²) in [4.78, 5) is 43.9. The Morgan fingerprint density at radius 1 is 1.11 bits per heavy atom. The van der Waals surface area contributed by atoms with E-state index >= 15 is 0 Å². The first kappa shape index (κ1) is 29.7. The summed E-state index contributed by atoms with van der Waals surface area (Å²) in [6, 6.07) is 1.000. The summed E-state index contributed by atoms with van der Waals surface area (Å²) in [6.45, 7) is 9.52. The number of methoxy groups -OCH3 is 1. The lowest BCUT2D eigenvalue weighted by molar-refractivity contribution is -0.124. The second kappa shape index (κ2) is 12.6. The Labute approximate surface area is 213 Å². The molecule has 1 aromatic heterocycles. The molecule has 10 nitrogen and oxygen atoms in total. The van der Waals surface area contributed by atoms with Crippen LogP contribution in [0.2, 0.25) is 0 Å². The van der Waals surface area contributed by atoms with Crippen molar-refractivity contribution in [1.29, 1.82) is 0 Å². The van der Waals surface area contributed by atoms with Crippen LogP contribution in [-0.4, -0.2) is 45.1 Å². The average Bonchev–Trinajstić information content (AvgIpc) is 2.82. The fourth-order valence-electron chi connectivity index (χ4n) is 3.42. The topological polar surface area (TPSA) is 124 Å². The van der Waals surface area contributed by atoms with Crippen LogP contribution in [0.15, 0.2) is 33.1 Å². The molecule has 0 radical (unpaired) electrons. The number of halogens is 2. The molecule has 2 atom stereocenters. The molecule has 2 rings (SSSR count). The maximum atomic E-state index is 13.9. The van der Waals surface area contributed by atoms with Gasteiger partial charge >= 0.3 is 5.69 Å². The highest BCUT2D eigenvalue weighted by Gasteiger charge is 2.22. The van der Waals surface area contributed by atoms with Crippen molar-refractivity contribution in [3.05, 3.63) is 61.9 Å². The van der Waals surface area contributed by atoms with Crippen molar-refractivity contribution in [2.24, 2.45) is 11.1 Å². The number of nitrogens with one attached hydrogen (secondary N) is 1. The molecule has 2 aromatic rings. The second-order valence-electron chi connectivity index (χ2n) is 9.31. The van der Waals surface area contributed by atoms with E-state index in [-0.39, 0.29) is 47.1 Å². The number of ether oxygens (including phenoxy) is 1. The third-order valence-electron chi connectivity index (χ3n) is 5.40. The Morgan fingerprint density at radius 2 is 1.73 bits per heavy atom. The molecule has 0 bridgehead atoms. The fraction of sp³-hybridized carbons (Fsp3) is 0.520. The van der Waals surface area contributed by atoms with E-state index in [1.807, 2.05) is 0 Å². The van der Waals surface area contributed by atoms with E-state index in [1.54, 1.807) is 34.6 Å². The molecule has 0 fully saturated rings. The third-order valence-corrected chi connectivity index (χ3v) is 5.40. The summed E-state index contributed by atoms with van der Waals surface area (Å²) in [7, 11) is 1.23. The summed E-state index contributed by atoms with van der Waals surface area (Å²) in [5.74, 6) is -3.01. The van der Waals surface area contributed by atoms with Crippen molar-refractivity contribution in [2.75, 3.05) is 7.11 Å². The highest BCUT2D eigenvalue weighted by atomic mass is 19.2. The standard InChI is InChI=1S/C25H34F2N4O6/c1-13(2)23(33)28-15(5)10-31-24(34)18(16(6)29-37-14(3)4)11-30(25(31)35)12-21(32)17-8-19(26)20(27)9-22(17)36-7/h8-9,11,13-15,21,32H,10,12H2,1-7H3,(H,28,33)/b29-16+/t15-,21?/m0/s1. The molecule has 12 heteroatoms. The molecule has 1 aromatic carbocycles. The minimum absolute atomic E-state index is 0.0205. The summed E-state index contributed by atoms with van der Waals surface area (Å²) in [5, 5.41) is 17.5. The quantitative estimate of drug-likeness (QED) is 0.344. The maximum absolute atomic E-state index is 13.9. The van der Waals surface area contributed by atoms with Gasteiger partial charge in [-0.15, -0.1) is 0 Å². The number of hydrogen-bond acceptors (Lipinski definition) is 7. The van der Waals surface area contributed by atoms with Crippen LogP contribution in [0.3, 0.4) is 0 Å². The predicted molar refractivity (Wildman–Crippen MR) is 134 cm³/mol. The first-order valence-corrected chi connectivity index (χ1v) is 11.8. The molecular weight excluding hydrogens is 490 g/mol. The summed E-state index contributed by atoms with van der Waals surface area (Å²) >= 11 is 0. The highest BCUT2D eigenvalue weighted by molar-refractivity contribution is 5.97. The summed E-state index contributed by atoms with van der Waals surface area (Å²) in [6.07, 6.45) is -0.544. The number of oxime groups is 1. The number of aromatic nitrogens is 2. The molecule has 1 unspecified atom stereocenters. The lowest BCUT2D eigenvalue weighted by atomic mass is 10.1. The van der Waals surface area contributed by atoms with E-state index in [9.17, 15) is 28.3 Å². The zero-order chi connectivity index (χ0) is 28.0. The molecule has 0 saturated heterocycles. The Kier molecular flexibility index (Phi) is 10.1. The van der Waals surface area contributed by atoms with Crippen molar-refractivity contribution >= 4 is 11.6 Å². The average molecular weight is 525 g/mol. The van der Waals surface area contributed by atoms with Gasteiger partial charge in [-0.3, -0.25) is 18.7 Å². The largest absolute Gasteiger partial charge is 0.496 e. The molecule has 2 N–H and O–H groups in total. The van der Waals surface area contributed by atoms with E-state index in [0.29, 0.717) is 0 Å². The molecule has 0 aliphatic heterocycles. The van der Waals surface area contributed by atoms with Crippen molar-refractivity contribution in [1.82, 2.24) is 14.5 Å². The van der Waals surface area contributed by atoms with Gasteiger partial charge in [0.2, 0.25) is 5.91 Å².